The maximum atomic E-state index is 11.8. The van der Waals surface area contributed by atoms with Gasteiger partial charge in [-0.25, -0.2) is 4.79 Å². The third-order valence-electron chi connectivity index (χ3n) is 5.09. The van der Waals surface area contributed by atoms with E-state index in [9.17, 15) is 4.79 Å². The van der Waals surface area contributed by atoms with Crippen molar-refractivity contribution in [2.75, 3.05) is 40.1 Å². The Hall–Kier alpha value is -1.09. The standard InChI is InChI=1S/C20H38BNO6/c1-18(2,3)22(8)17(23)26-14-10-13-25-16-15-24-12-9-11-21-27-19(4,5)20(6,7)28-21/h9,11H,10,12-16H2,1-8H3/b11-9+. The second-order valence-electron chi connectivity index (χ2n) is 8.94. The van der Waals surface area contributed by atoms with Crippen LogP contribution < -0.4 is 0 Å². The zero-order valence-corrected chi connectivity index (χ0v) is 18.9. The van der Waals surface area contributed by atoms with E-state index in [1.165, 1.54) is 0 Å². The van der Waals surface area contributed by atoms with Crippen molar-refractivity contribution in [2.45, 2.75) is 71.6 Å². The summed E-state index contributed by atoms with van der Waals surface area (Å²) in [5.74, 6) is 1.88. The van der Waals surface area contributed by atoms with Crippen LogP contribution in [-0.4, -0.2) is 74.9 Å². The molecular formula is C20H38BNO6. The molecule has 0 spiro atoms. The Morgan fingerprint density at radius 1 is 1.00 bits per heavy atom. The van der Waals surface area contributed by atoms with Crippen LogP contribution in [0.3, 0.4) is 0 Å². The Balaban J connectivity index is 2.00. The quantitative estimate of drug-likeness (QED) is 0.414. The highest BCUT2D eigenvalue weighted by Gasteiger charge is 2.49. The molecule has 0 saturated carbocycles. The molecule has 0 radical (unpaired) electrons. The van der Waals surface area contributed by atoms with Gasteiger partial charge in [-0.05, 0) is 48.5 Å². The van der Waals surface area contributed by atoms with Gasteiger partial charge in [-0.1, -0.05) is 12.1 Å². The van der Waals surface area contributed by atoms with Crippen LogP contribution in [0, 0.1) is 0 Å². The number of carbonyl (C=O) groups excluding carboxylic acids is 1. The largest absolute Gasteiger partial charge is 0.486 e. The second-order valence-corrected chi connectivity index (χ2v) is 8.94. The summed E-state index contributed by atoms with van der Waals surface area (Å²) in [6.45, 7) is 16.3. The molecule has 28 heavy (non-hydrogen) atoms. The Labute approximate surface area is 170 Å². The molecule has 1 rings (SSSR count). The normalized spacial score (nSPS) is 18.6. The fourth-order valence-corrected chi connectivity index (χ4v) is 2.20. The molecule has 1 saturated heterocycles. The summed E-state index contributed by atoms with van der Waals surface area (Å²) in [7, 11) is 1.39. The predicted molar refractivity (Wildman–Crippen MR) is 110 cm³/mol. The molecule has 0 aromatic rings. The van der Waals surface area contributed by atoms with Gasteiger partial charge in [-0.3, -0.25) is 0 Å². The van der Waals surface area contributed by atoms with Crippen molar-refractivity contribution in [1.29, 1.82) is 0 Å². The molecule has 1 fully saturated rings. The molecule has 8 heteroatoms. The first kappa shape index (κ1) is 25.0. The minimum atomic E-state index is -0.343. The summed E-state index contributed by atoms with van der Waals surface area (Å²) < 4.78 is 27.9. The van der Waals surface area contributed by atoms with Gasteiger partial charge in [0.1, 0.15) is 0 Å². The first-order valence-electron chi connectivity index (χ1n) is 9.95. The van der Waals surface area contributed by atoms with E-state index in [2.05, 4.69) is 0 Å². The second kappa shape index (κ2) is 10.6. The monoisotopic (exact) mass is 399 g/mol. The van der Waals surface area contributed by atoms with Crippen molar-refractivity contribution >= 4 is 13.2 Å². The number of amides is 1. The minimum absolute atomic E-state index is 0.248. The summed E-state index contributed by atoms with van der Waals surface area (Å²) >= 11 is 0. The number of hydrogen-bond donors (Lipinski definition) is 0. The van der Waals surface area contributed by atoms with E-state index >= 15 is 0 Å². The average Bonchev–Trinajstić information content (AvgIpc) is 2.77. The molecule has 7 nitrogen and oxygen atoms in total. The van der Waals surface area contributed by atoms with Gasteiger partial charge < -0.3 is 28.4 Å². The topological polar surface area (TPSA) is 66.5 Å². The number of nitrogens with zero attached hydrogens (tertiary/aromatic N) is 1. The number of carbonyl (C=O) groups is 1. The van der Waals surface area contributed by atoms with Crippen molar-refractivity contribution in [3.63, 3.8) is 0 Å². The van der Waals surface area contributed by atoms with Crippen molar-refractivity contribution in [3.8, 4) is 0 Å². The molecule has 0 aromatic carbocycles. The Kier molecular flexibility index (Phi) is 9.47. The Morgan fingerprint density at radius 3 is 2.14 bits per heavy atom. The molecule has 0 aliphatic carbocycles. The fraction of sp³-hybridized carbons (Fsp3) is 0.850. The number of hydrogen-bond acceptors (Lipinski definition) is 6. The van der Waals surface area contributed by atoms with Crippen molar-refractivity contribution in [1.82, 2.24) is 4.90 Å². The molecule has 1 aliphatic rings. The maximum Gasteiger partial charge on any atom is 0.486 e. The van der Waals surface area contributed by atoms with E-state index in [1.807, 2.05) is 60.5 Å². The summed E-state index contributed by atoms with van der Waals surface area (Å²) in [4.78, 5) is 13.4. The van der Waals surface area contributed by atoms with Crippen LogP contribution in [0.1, 0.15) is 54.9 Å². The van der Waals surface area contributed by atoms with E-state index in [4.69, 9.17) is 23.5 Å². The van der Waals surface area contributed by atoms with Crippen LogP contribution in [0.25, 0.3) is 0 Å². The lowest BCUT2D eigenvalue weighted by Gasteiger charge is -2.32. The molecule has 0 aromatic heterocycles. The van der Waals surface area contributed by atoms with Gasteiger partial charge in [-0.15, -0.1) is 0 Å². The highest BCUT2D eigenvalue weighted by atomic mass is 16.7. The number of ether oxygens (including phenoxy) is 3. The van der Waals surface area contributed by atoms with E-state index in [1.54, 1.807) is 11.9 Å². The van der Waals surface area contributed by atoms with Crippen molar-refractivity contribution in [2.24, 2.45) is 0 Å². The Morgan fingerprint density at radius 2 is 1.57 bits per heavy atom. The van der Waals surface area contributed by atoms with Crippen molar-refractivity contribution in [3.05, 3.63) is 12.1 Å². The van der Waals surface area contributed by atoms with Gasteiger partial charge in [-0.2, -0.15) is 0 Å². The summed E-state index contributed by atoms with van der Waals surface area (Å²) in [5, 5.41) is 0. The Bertz CT molecular complexity index is 499. The van der Waals surface area contributed by atoms with Gasteiger partial charge in [0.2, 0.25) is 0 Å². The molecule has 0 bridgehead atoms. The summed E-state index contributed by atoms with van der Waals surface area (Å²) in [6.07, 6.45) is 2.24. The lowest BCUT2D eigenvalue weighted by molar-refractivity contribution is 0.00578. The van der Waals surface area contributed by atoms with Gasteiger partial charge in [0.15, 0.2) is 0 Å². The van der Waals surface area contributed by atoms with Crippen LogP contribution >= 0.6 is 0 Å². The molecular weight excluding hydrogens is 361 g/mol. The molecule has 1 heterocycles. The molecule has 0 unspecified atom stereocenters. The number of rotatable bonds is 10. The smallest absolute Gasteiger partial charge is 0.449 e. The maximum absolute atomic E-state index is 11.8. The van der Waals surface area contributed by atoms with E-state index in [0.29, 0.717) is 39.5 Å². The SMILES string of the molecule is CN(C(=O)OCCCOCCOC/C=C/B1OC(C)(C)C(C)(C)O1)C(C)(C)C. The lowest BCUT2D eigenvalue weighted by Crippen LogP contribution is -2.42. The van der Waals surface area contributed by atoms with Gasteiger partial charge >= 0.3 is 13.2 Å². The van der Waals surface area contributed by atoms with Gasteiger partial charge in [0, 0.05) is 25.6 Å². The molecule has 1 aliphatic heterocycles. The van der Waals surface area contributed by atoms with Crippen LogP contribution in [0.15, 0.2) is 12.1 Å². The molecule has 162 valence electrons. The minimum Gasteiger partial charge on any atom is -0.449 e. The molecule has 0 N–H and O–H groups in total. The fourth-order valence-electron chi connectivity index (χ4n) is 2.20. The van der Waals surface area contributed by atoms with Gasteiger partial charge in [0.25, 0.3) is 0 Å². The first-order valence-corrected chi connectivity index (χ1v) is 9.95. The highest BCUT2D eigenvalue weighted by Crippen LogP contribution is 2.36. The zero-order valence-electron chi connectivity index (χ0n) is 18.9. The van der Waals surface area contributed by atoms with Crippen LogP contribution in [0.5, 0.6) is 0 Å². The predicted octanol–water partition coefficient (Wildman–Crippen LogP) is 3.46. The summed E-state index contributed by atoms with van der Waals surface area (Å²) in [6, 6.07) is 0. The highest BCUT2D eigenvalue weighted by molar-refractivity contribution is 6.51. The average molecular weight is 399 g/mol. The van der Waals surface area contributed by atoms with Crippen LogP contribution in [-0.2, 0) is 23.5 Å². The molecule has 1 amide bonds. The van der Waals surface area contributed by atoms with E-state index in [-0.39, 0.29) is 30.0 Å². The third kappa shape index (κ3) is 8.11. The third-order valence-corrected chi connectivity index (χ3v) is 5.09. The van der Waals surface area contributed by atoms with Gasteiger partial charge in [0.05, 0.1) is 37.6 Å². The van der Waals surface area contributed by atoms with Crippen LogP contribution in [0.2, 0.25) is 0 Å². The zero-order chi connectivity index (χ0) is 21.4. The molecule has 0 atom stereocenters. The summed E-state index contributed by atoms with van der Waals surface area (Å²) in [5.41, 5.74) is -0.901. The van der Waals surface area contributed by atoms with E-state index in [0.717, 1.165) is 0 Å². The van der Waals surface area contributed by atoms with Crippen LogP contribution in [0.4, 0.5) is 4.79 Å². The van der Waals surface area contributed by atoms with E-state index < -0.39 is 0 Å². The lowest BCUT2D eigenvalue weighted by atomic mass is 9.90. The van der Waals surface area contributed by atoms with Crippen molar-refractivity contribution < 1.29 is 28.3 Å². The first-order chi connectivity index (χ1) is 12.9.